The molecule has 0 unspecified atom stereocenters. The van der Waals surface area contributed by atoms with E-state index in [9.17, 15) is 9.59 Å². The lowest BCUT2D eigenvalue weighted by molar-refractivity contribution is -0.128. The second-order valence-electron chi connectivity index (χ2n) is 7.17. The first kappa shape index (κ1) is 18.9. The van der Waals surface area contributed by atoms with Crippen LogP contribution in [0.5, 0.6) is 0 Å². The summed E-state index contributed by atoms with van der Waals surface area (Å²) in [4.78, 5) is 28.4. The Morgan fingerprint density at radius 3 is 2.58 bits per heavy atom. The predicted molar refractivity (Wildman–Crippen MR) is 99.9 cm³/mol. The minimum Gasteiger partial charge on any atom is -0.379 e. The Balaban J connectivity index is 1.52. The van der Waals surface area contributed by atoms with Crippen molar-refractivity contribution in [1.29, 1.82) is 0 Å². The van der Waals surface area contributed by atoms with E-state index in [1.54, 1.807) is 6.92 Å². The Bertz CT molecular complexity index is 602. The Kier molecular flexibility index (Phi) is 6.63. The average Bonchev–Trinajstić information content (AvgIpc) is 3.07. The van der Waals surface area contributed by atoms with Crippen LogP contribution in [0.2, 0.25) is 0 Å². The molecule has 6 nitrogen and oxygen atoms in total. The highest BCUT2D eigenvalue weighted by atomic mass is 16.5. The van der Waals surface area contributed by atoms with Crippen LogP contribution in [0.25, 0.3) is 0 Å². The van der Waals surface area contributed by atoms with Crippen LogP contribution < -0.4 is 5.32 Å². The largest absolute Gasteiger partial charge is 0.379 e. The van der Waals surface area contributed by atoms with Gasteiger partial charge in [-0.1, -0.05) is 30.3 Å². The zero-order valence-electron chi connectivity index (χ0n) is 15.5. The van der Waals surface area contributed by atoms with Crippen molar-refractivity contribution < 1.29 is 14.3 Å². The van der Waals surface area contributed by atoms with Gasteiger partial charge in [0, 0.05) is 45.4 Å². The molecular formula is C20H29N3O3. The van der Waals surface area contributed by atoms with Gasteiger partial charge in [-0.3, -0.25) is 14.5 Å². The molecule has 1 aromatic carbocycles. The van der Waals surface area contributed by atoms with Crippen LogP contribution in [0.3, 0.4) is 0 Å². The predicted octanol–water partition coefficient (Wildman–Crippen LogP) is 1.23. The van der Waals surface area contributed by atoms with Crippen LogP contribution in [0.15, 0.2) is 30.3 Å². The highest BCUT2D eigenvalue weighted by Crippen LogP contribution is 2.27. The fourth-order valence-electron chi connectivity index (χ4n) is 3.81. The van der Waals surface area contributed by atoms with Crippen LogP contribution in [0, 0.1) is 0 Å². The van der Waals surface area contributed by atoms with Crippen LogP contribution in [-0.4, -0.2) is 73.6 Å². The van der Waals surface area contributed by atoms with E-state index < -0.39 is 0 Å². The number of nitrogens with zero attached hydrogens (tertiary/aromatic N) is 2. The van der Waals surface area contributed by atoms with E-state index in [0.717, 1.165) is 39.3 Å². The van der Waals surface area contributed by atoms with Crippen LogP contribution >= 0.6 is 0 Å². The monoisotopic (exact) mass is 359 g/mol. The normalized spacial score (nSPS) is 23.8. The number of morpholine rings is 1. The maximum Gasteiger partial charge on any atom is 0.220 e. The van der Waals surface area contributed by atoms with Gasteiger partial charge in [-0.05, 0) is 18.5 Å². The molecule has 2 aliphatic heterocycles. The fraction of sp³-hybridized carbons (Fsp3) is 0.600. The van der Waals surface area contributed by atoms with Gasteiger partial charge in [-0.2, -0.15) is 0 Å². The third-order valence-corrected chi connectivity index (χ3v) is 5.32. The number of rotatable bonds is 6. The summed E-state index contributed by atoms with van der Waals surface area (Å²) in [6.45, 7) is 7.25. The molecule has 2 saturated heterocycles. The van der Waals surface area contributed by atoms with Crippen molar-refractivity contribution in [3.05, 3.63) is 35.9 Å². The maximum atomic E-state index is 12.4. The van der Waals surface area contributed by atoms with E-state index >= 15 is 0 Å². The smallest absolute Gasteiger partial charge is 0.220 e. The lowest BCUT2D eigenvalue weighted by Crippen LogP contribution is -2.41. The van der Waals surface area contributed by atoms with E-state index in [0.29, 0.717) is 19.5 Å². The first-order chi connectivity index (χ1) is 12.6. The number of hydrogen-bond donors (Lipinski definition) is 1. The van der Waals surface area contributed by atoms with Crippen molar-refractivity contribution in [3.8, 4) is 0 Å². The number of ether oxygens (including phenoxy) is 1. The highest BCUT2D eigenvalue weighted by Gasteiger charge is 2.35. The summed E-state index contributed by atoms with van der Waals surface area (Å²) < 4.78 is 5.35. The van der Waals surface area contributed by atoms with Crippen LogP contribution in [0.4, 0.5) is 0 Å². The Morgan fingerprint density at radius 2 is 1.88 bits per heavy atom. The van der Waals surface area contributed by atoms with E-state index in [4.69, 9.17) is 4.74 Å². The molecular weight excluding hydrogens is 330 g/mol. The van der Waals surface area contributed by atoms with E-state index in [-0.39, 0.29) is 23.8 Å². The molecule has 0 bridgehead atoms. The Hall–Kier alpha value is -1.92. The second kappa shape index (κ2) is 9.14. The summed E-state index contributed by atoms with van der Waals surface area (Å²) in [5.41, 5.74) is 1.18. The number of likely N-dealkylation sites (tertiary alicyclic amines) is 1. The average molecular weight is 359 g/mol. The number of carbonyl (C=O) groups is 2. The lowest BCUT2D eigenvalue weighted by atomic mass is 9.94. The quantitative estimate of drug-likeness (QED) is 0.830. The molecule has 2 atom stereocenters. The molecule has 2 amide bonds. The topological polar surface area (TPSA) is 61.9 Å². The van der Waals surface area contributed by atoms with Crippen molar-refractivity contribution in [1.82, 2.24) is 15.1 Å². The minimum absolute atomic E-state index is 0.0165. The maximum absolute atomic E-state index is 12.4. The molecule has 26 heavy (non-hydrogen) atoms. The minimum atomic E-state index is -0.0165. The van der Waals surface area contributed by atoms with Gasteiger partial charge < -0.3 is 15.0 Å². The highest BCUT2D eigenvalue weighted by molar-refractivity contribution is 5.77. The van der Waals surface area contributed by atoms with Crippen LogP contribution in [0.1, 0.15) is 31.2 Å². The van der Waals surface area contributed by atoms with Gasteiger partial charge in [0.05, 0.1) is 19.3 Å². The summed E-state index contributed by atoms with van der Waals surface area (Å²) in [7, 11) is 0. The molecule has 0 radical (unpaired) electrons. The number of benzene rings is 1. The third-order valence-electron chi connectivity index (χ3n) is 5.32. The molecule has 0 spiro atoms. The number of hydrogen-bond acceptors (Lipinski definition) is 4. The Labute approximate surface area is 155 Å². The summed E-state index contributed by atoms with van der Waals surface area (Å²) >= 11 is 0. The van der Waals surface area contributed by atoms with E-state index in [1.165, 1.54) is 5.56 Å². The standard InChI is InChI=1S/C20H29N3O3/c1-16(24)23-14-18(17-6-3-2-4-7-17)19(15-23)21-20(25)8-5-9-22-10-12-26-13-11-22/h2-4,6-7,18-19H,5,8-15H2,1H3,(H,21,25)/t18-,19+/m1/s1. The molecule has 0 saturated carbocycles. The van der Waals surface area contributed by atoms with Gasteiger partial charge in [-0.25, -0.2) is 0 Å². The zero-order chi connectivity index (χ0) is 18.4. The molecule has 1 aromatic rings. The van der Waals surface area contributed by atoms with Crippen molar-refractivity contribution in [2.45, 2.75) is 31.7 Å². The number of nitrogens with one attached hydrogen (secondary N) is 1. The van der Waals surface area contributed by atoms with Crippen molar-refractivity contribution in [2.24, 2.45) is 0 Å². The first-order valence-corrected chi connectivity index (χ1v) is 9.53. The summed E-state index contributed by atoms with van der Waals surface area (Å²) in [6, 6.07) is 10.1. The zero-order valence-corrected chi connectivity index (χ0v) is 15.5. The van der Waals surface area contributed by atoms with Gasteiger partial charge in [0.25, 0.3) is 0 Å². The molecule has 0 aliphatic carbocycles. The van der Waals surface area contributed by atoms with Gasteiger partial charge in [0.2, 0.25) is 11.8 Å². The van der Waals surface area contributed by atoms with Gasteiger partial charge in [0.1, 0.15) is 0 Å². The third kappa shape index (κ3) is 5.05. The molecule has 1 N–H and O–H groups in total. The van der Waals surface area contributed by atoms with E-state index in [1.807, 2.05) is 23.1 Å². The molecule has 2 aliphatic rings. The van der Waals surface area contributed by atoms with E-state index in [2.05, 4.69) is 22.3 Å². The van der Waals surface area contributed by atoms with Gasteiger partial charge in [-0.15, -0.1) is 0 Å². The van der Waals surface area contributed by atoms with Crippen molar-refractivity contribution in [2.75, 3.05) is 45.9 Å². The molecule has 2 heterocycles. The van der Waals surface area contributed by atoms with Crippen molar-refractivity contribution in [3.63, 3.8) is 0 Å². The molecule has 2 fully saturated rings. The molecule has 0 aromatic heterocycles. The second-order valence-corrected chi connectivity index (χ2v) is 7.17. The van der Waals surface area contributed by atoms with Gasteiger partial charge in [0.15, 0.2) is 0 Å². The molecule has 3 rings (SSSR count). The number of carbonyl (C=O) groups excluding carboxylic acids is 2. The fourth-order valence-corrected chi connectivity index (χ4v) is 3.81. The molecule has 6 heteroatoms. The Morgan fingerprint density at radius 1 is 1.15 bits per heavy atom. The van der Waals surface area contributed by atoms with Crippen LogP contribution in [-0.2, 0) is 14.3 Å². The number of amides is 2. The molecule has 142 valence electrons. The van der Waals surface area contributed by atoms with Gasteiger partial charge >= 0.3 is 0 Å². The van der Waals surface area contributed by atoms with Crippen molar-refractivity contribution >= 4 is 11.8 Å². The SMILES string of the molecule is CC(=O)N1C[C@H](NC(=O)CCCN2CCOCC2)[C@@H](c2ccccc2)C1. The lowest BCUT2D eigenvalue weighted by Gasteiger charge is -2.26. The summed E-state index contributed by atoms with van der Waals surface area (Å²) in [5, 5.41) is 3.17. The first-order valence-electron chi connectivity index (χ1n) is 9.53. The summed E-state index contributed by atoms with van der Waals surface area (Å²) in [5.74, 6) is 0.299. The summed E-state index contributed by atoms with van der Waals surface area (Å²) in [6.07, 6.45) is 1.38.